The van der Waals surface area contributed by atoms with E-state index in [4.69, 9.17) is 0 Å². The van der Waals surface area contributed by atoms with Crippen LogP contribution in [-0.2, 0) is 10.0 Å². The Morgan fingerprint density at radius 2 is 1.70 bits per heavy atom. The van der Waals surface area contributed by atoms with Crippen LogP contribution in [0.3, 0.4) is 0 Å². The summed E-state index contributed by atoms with van der Waals surface area (Å²) < 4.78 is 28.9. The molecule has 1 fully saturated rings. The Balaban J connectivity index is 1.59. The molecule has 0 bridgehead atoms. The lowest BCUT2D eigenvalue weighted by atomic mass is 10.1. The molecule has 0 unspecified atom stereocenters. The number of carbonyl (C=O) groups excluding carboxylic acids is 1. The van der Waals surface area contributed by atoms with Crippen molar-refractivity contribution in [2.24, 2.45) is 0 Å². The molecule has 0 amide bonds. The summed E-state index contributed by atoms with van der Waals surface area (Å²) in [6.07, 6.45) is 1.62. The van der Waals surface area contributed by atoms with Crippen LogP contribution >= 0.6 is 0 Å². The number of piperazine rings is 1. The molecular formula is C23H31N3O3S. The largest absolute Gasteiger partial charge is 0.346 e. The minimum Gasteiger partial charge on any atom is -0.346 e. The number of benzene rings is 1. The zero-order valence-corrected chi connectivity index (χ0v) is 19.0. The van der Waals surface area contributed by atoms with Crippen molar-refractivity contribution < 1.29 is 13.2 Å². The Kier molecular flexibility index (Phi) is 6.95. The summed E-state index contributed by atoms with van der Waals surface area (Å²) in [6.45, 7) is 10.4. The van der Waals surface area contributed by atoms with E-state index in [0.29, 0.717) is 38.8 Å². The number of ketones is 1. The van der Waals surface area contributed by atoms with E-state index in [1.54, 1.807) is 6.08 Å². The number of hydrogen-bond donors (Lipinski definition) is 0. The molecule has 2 aromatic rings. The molecule has 0 N–H and O–H groups in total. The molecule has 0 spiro atoms. The molecule has 6 nitrogen and oxygen atoms in total. The van der Waals surface area contributed by atoms with Gasteiger partial charge in [0, 0.05) is 54.6 Å². The van der Waals surface area contributed by atoms with Gasteiger partial charge in [-0.05, 0) is 45.4 Å². The molecule has 30 heavy (non-hydrogen) atoms. The molecule has 1 aliphatic rings. The van der Waals surface area contributed by atoms with Crippen LogP contribution in [0.4, 0.5) is 0 Å². The van der Waals surface area contributed by atoms with Gasteiger partial charge in [-0.3, -0.25) is 9.69 Å². The smallest absolute Gasteiger partial charge is 0.236 e. The van der Waals surface area contributed by atoms with Gasteiger partial charge in [-0.15, -0.1) is 0 Å². The number of carbonyl (C=O) groups is 1. The molecule has 1 aromatic heterocycles. The lowest BCUT2D eigenvalue weighted by molar-refractivity contribution is 0.0901. The summed E-state index contributed by atoms with van der Waals surface area (Å²) in [7, 11) is -3.47. The van der Waals surface area contributed by atoms with Gasteiger partial charge < -0.3 is 4.57 Å². The molecule has 1 aliphatic heterocycles. The van der Waals surface area contributed by atoms with Crippen LogP contribution in [0.2, 0.25) is 0 Å². The highest BCUT2D eigenvalue weighted by Crippen LogP contribution is 2.21. The number of sulfonamides is 1. The third-order valence-electron chi connectivity index (χ3n) is 5.59. The molecular weight excluding hydrogens is 398 g/mol. The van der Waals surface area contributed by atoms with Gasteiger partial charge in [0.05, 0.1) is 6.54 Å². The van der Waals surface area contributed by atoms with E-state index in [1.165, 1.54) is 9.71 Å². The number of nitrogens with zero attached hydrogens (tertiary/aromatic N) is 3. The maximum atomic E-state index is 12.9. The summed E-state index contributed by atoms with van der Waals surface area (Å²) >= 11 is 0. The molecule has 162 valence electrons. The fourth-order valence-corrected chi connectivity index (χ4v) is 5.27. The molecule has 1 aromatic carbocycles. The van der Waals surface area contributed by atoms with E-state index in [1.807, 2.05) is 55.1 Å². The quantitative estimate of drug-likeness (QED) is 0.632. The maximum absolute atomic E-state index is 12.9. The van der Waals surface area contributed by atoms with Crippen molar-refractivity contribution in [2.75, 3.05) is 32.7 Å². The second kappa shape index (κ2) is 9.29. The molecule has 1 saturated heterocycles. The lowest BCUT2D eigenvalue weighted by Crippen LogP contribution is -2.49. The first-order chi connectivity index (χ1) is 14.2. The number of Topliss-reactive ketones (excluding diaryl/α,β-unsaturated/α-hetero) is 1. The Bertz CT molecular complexity index is 1020. The van der Waals surface area contributed by atoms with Gasteiger partial charge in [0.1, 0.15) is 0 Å². The molecule has 3 rings (SSSR count). The van der Waals surface area contributed by atoms with Crippen molar-refractivity contribution in [1.82, 2.24) is 13.8 Å². The average molecular weight is 430 g/mol. The van der Waals surface area contributed by atoms with Crippen LogP contribution in [0, 0.1) is 13.8 Å². The van der Waals surface area contributed by atoms with Gasteiger partial charge in [-0.2, -0.15) is 4.31 Å². The normalized spacial score (nSPS) is 16.6. The van der Waals surface area contributed by atoms with E-state index >= 15 is 0 Å². The van der Waals surface area contributed by atoms with Gasteiger partial charge in [-0.1, -0.05) is 30.3 Å². The highest BCUT2D eigenvalue weighted by Gasteiger charge is 2.27. The third kappa shape index (κ3) is 5.09. The van der Waals surface area contributed by atoms with E-state index in [0.717, 1.165) is 22.5 Å². The first-order valence-corrected chi connectivity index (χ1v) is 11.9. The summed E-state index contributed by atoms with van der Waals surface area (Å²) in [6, 6.07) is 11.7. The lowest BCUT2D eigenvalue weighted by Gasteiger charge is -2.32. The monoisotopic (exact) mass is 429 g/mol. The number of aryl methyl sites for hydroxylation is 1. The summed E-state index contributed by atoms with van der Waals surface area (Å²) in [5.74, 6) is 0.0929. The average Bonchev–Trinajstić information content (AvgIpc) is 3.02. The van der Waals surface area contributed by atoms with Gasteiger partial charge >= 0.3 is 0 Å². The highest BCUT2D eigenvalue weighted by atomic mass is 32.2. The van der Waals surface area contributed by atoms with E-state index in [2.05, 4.69) is 18.4 Å². The van der Waals surface area contributed by atoms with Crippen LogP contribution in [0.5, 0.6) is 0 Å². The molecule has 0 saturated carbocycles. The Hall–Kier alpha value is -2.22. The van der Waals surface area contributed by atoms with Crippen molar-refractivity contribution in [3.05, 3.63) is 64.3 Å². The third-order valence-corrected chi connectivity index (χ3v) is 7.16. The number of hydrogen-bond acceptors (Lipinski definition) is 4. The summed E-state index contributed by atoms with van der Waals surface area (Å²) in [5.41, 5.74) is 3.71. The Morgan fingerprint density at radius 1 is 1.07 bits per heavy atom. The van der Waals surface area contributed by atoms with Gasteiger partial charge in [0.2, 0.25) is 10.0 Å². The molecule has 0 atom stereocenters. The van der Waals surface area contributed by atoms with E-state index in [9.17, 15) is 13.2 Å². The summed E-state index contributed by atoms with van der Waals surface area (Å²) in [4.78, 5) is 14.9. The maximum Gasteiger partial charge on any atom is 0.236 e. The van der Waals surface area contributed by atoms with Gasteiger partial charge in [-0.25, -0.2) is 8.42 Å². The van der Waals surface area contributed by atoms with Crippen LogP contribution in [0.25, 0.3) is 6.08 Å². The van der Waals surface area contributed by atoms with Crippen molar-refractivity contribution in [3.63, 3.8) is 0 Å². The van der Waals surface area contributed by atoms with Crippen LogP contribution in [0.1, 0.15) is 47.2 Å². The fourth-order valence-electron chi connectivity index (χ4n) is 4.10. The molecule has 0 radical (unpaired) electrons. The highest BCUT2D eigenvalue weighted by molar-refractivity contribution is 7.92. The van der Waals surface area contributed by atoms with E-state index in [-0.39, 0.29) is 5.78 Å². The fraction of sp³-hybridized carbons (Fsp3) is 0.435. The first kappa shape index (κ1) is 22.5. The number of aromatic nitrogens is 1. The van der Waals surface area contributed by atoms with Crippen molar-refractivity contribution in [3.8, 4) is 0 Å². The van der Waals surface area contributed by atoms with Gasteiger partial charge in [0.15, 0.2) is 5.78 Å². The zero-order valence-electron chi connectivity index (χ0n) is 18.2. The topological polar surface area (TPSA) is 62.6 Å². The van der Waals surface area contributed by atoms with E-state index < -0.39 is 10.0 Å². The SMILES string of the molecule is Cc1cc(C(=O)CN2CCN(S(=O)(=O)/C=C/c3ccccc3)CC2)c(C)n1C(C)C. The molecule has 2 heterocycles. The van der Waals surface area contributed by atoms with Crippen LogP contribution in [0.15, 0.2) is 41.8 Å². The minimum atomic E-state index is -3.47. The summed E-state index contributed by atoms with van der Waals surface area (Å²) in [5, 5.41) is 1.27. The van der Waals surface area contributed by atoms with Crippen molar-refractivity contribution in [2.45, 2.75) is 33.7 Å². The first-order valence-electron chi connectivity index (χ1n) is 10.4. The van der Waals surface area contributed by atoms with Crippen molar-refractivity contribution >= 4 is 21.9 Å². The Labute approximate surface area is 179 Å². The zero-order chi connectivity index (χ0) is 21.9. The minimum absolute atomic E-state index is 0.0929. The molecule has 0 aliphatic carbocycles. The predicted octanol–water partition coefficient (Wildman–Crippen LogP) is 3.49. The van der Waals surface area contributed by atoms with Gasteiger partial charge in [0.25, 0.3) is 0 Å². The van der Waals surface area contributed by atoms with Crippen LogP contribution < -0.4 is 0 Å². The standard InChI is InChI=1S/C23H31N3O3S/c1-18(2)26-19(3)16-22(20(26)4)23(27)17-24-11-13-25(14-12-24)30(28,29)15-10-21-8-6-5-7-9-21/h5-10,15-16,18H,11-14,17H2,1-4H3/b15-10+. The molecule has 7 heteroatoms. The number of rotatable bonds is 7. The second-order valence-electron chi connectivity index (χ2n) is 8.11. The van der Waals surface area contributed by atoms with Crippen LogP contribution in [-0.4, -0.2) is 60.7 Å². The Morgan fingerprint density at radius 3 is 2.27 bits per heavy atom. The second-order valence-corrected chi connectivity index (χ2v) is 9.92. The van der Waals surface area contributed by atoms with Crippen molar-refractivity contribution in [1.29, 1.82) is 0 Å². The predicted molar refractivity (Wildman–Crippen MR) is 121 cm³/mol.